The molecule has 170 valence electrons. The molecule has 0 spiro atoms. The van der Waals surface area contributed by atoms with Crippen LogP contribution in [-0.2, 0) is 22.6 Å². The van der Waals surface area contributed by atoms with Crippen LogP contribution in [0.2, 0.25) is 0 Å². The Morgan fingerprint density at radius 2 is 1.81 bits per heavy atom. The number of hydrogen-bond donors (Lipinski definition) is 2. The summed E-state index contributed by atoms with van der Waals surface area (Å²) < 4.78 is 52.1. The van der Waals surface area contributed by atoms with Crippen molar-refractivity contribution in [2.75, 3.05) is 39.3 Å². The van der Waals surface area contributed by atoms with Crippen molar-refractivity contribution in [3.05, 3.63) is 59.7 Å². The normalized spacial score (nSPS) is 12.0. The predicted octanol–water partition coefficient (Wildman–Crippen LogP) is 4.37. The number of ether oxygens (including phenoxy) is 3. The van der Waals surface area contributed by atoms with Crippen molar-refractivity contribution < 1.29 is 27.4 Å². The first kappa shape index (κ1) is 24.5. The quantitative estimate of drug-likeness (QED) is 0.309. The first-order chi connectivity index (χ1) is 14.9. The van der Waals surface area contributed by atoms with E-state index in [2.05, 4.69) is 15.6 Å². The highest BCUT2D eigenvalue weighted by molar-refractivity contribution is 5.93. The molecule has 2 N–H and O–H groups in total. The second-order valence-electron chi connectivity index (χ2n) is 6.70. The smallest absolute Gasteiger partial charge is 0.411 e. The van der Waals surface area contributed by atoms with Gasteiger partial charge in [0.25, 0.3) is 0 Å². The van der Waals surface area contributed by atoms with Gasteiger partial charge < -0.3 is 24.8 Å². The number of anilines is 1. The molecule has 0 aromatic heterocycles. The van der Waals surface area contributed by atoms with E-state index in [0.717, 1.165) is 23.4 Å². The first-order valence-electron chi connectivity index (χ1n) is 9.81. The summed E-state index contributed by atoms with van der Waals surface area (Å²) >= 11 is 0. The third-order valence-electron chi connectivity index (χ3n) is 4.07. The van der Waals surface area contributed by atoms with Gasteiger partial charge in [-0.2, -0.15) is 13.2 Å². The average Bonchev–Trinajstić information content (AvgIpc) is 2.74. The Hall–Kier alpha value is -2.78. The molecule has 0 saturated heterocycles. The lowest BCUT2D eigenvalue weighted by Crippen LogP contribution is -2.30. The van der Waals surface area contributed by atoms with E-state index in [1.54, 1.807) is 32.4 Å². The molecule has 0 amide bonds. The van der Waals surface area contributed by atoms with Gasteiger partial charge in [-0.05, 0) is 23.3 Å². The number of rotatable bonds is 11. The molecule has 0 aliphatic heterocycles. The molecule has 6 nitrogen and oxygen atoms in total. The highest BCUT2D eigenvalue weighted by atomic mass is 19.4. The van der Waals surface area contributed by atoms with Crippen molar-refractivity contribution >= 4 is 11.6 Å². The van der Waals surface area contributed by atoms with Crippen LogP contribution in [0.5, 0.6) is 5.75 Å². The fourth-order valence-corrected chi connectivity index (χ4v) is 2.67. The van der Waals surface area contributed by atoms with E-state index < -0.39 is 12.8 Å². The maximum atomic E-state index is 12.2. The van der Waals surface area contributed by atoms with Crippen LogP contribution >= 0.6 is 0 Å². The Labute approximate surface area is 180 Å². The molecule has 0 saturated carbocycles. The Bertz CT molecular complexity index is 829. The van der Waals surface area contributed by atoms with E-state index >= 15 is 0 Å². The minimum atomic E-state index is -4.33. The van der Waals surface area contributed by atoms with Crippen LogP contribution in [0.1, 0.15) is 17.5 Å². The van der Waals surface area contributed by atoms with E-state index in [-0.39, 0.29) is 6.61 Å². The predicted molar refractivity (Wildman–Crippen MR) is 114 cm³/mol. The van der Waals surface area contributed by atoms with Crippen LogP contribution in [0.4, 0.5) is 18.9 Å². The number of hydrogen-bond acceptors (Lipinski definition) is 4. The number of guanidine groups is 1. The summed E-state index contributed by atoms with van der Waals surface area (Å²) in [6.07, 6.45) is -3.53. The zero-order valence-electron chi connectivity index (χ0n) is 17.7. The van der Waals surface area contributed by atoms with E-state index in [9.17, 15) is 13.2 Å². The summed E-state index contributed by atoms with van der Waals surface area (Å²) in [5, 5.41) is 6.37. The number of benzene rings is 2. The van der Waals surface area contributed by atoms with Crippen LogP contribution in [0.15, 0.2) is 53.5 Å². The highest BCUT2D eigenvalue weighted by Gasteiger charge is 2.27. The van der Waals surface area contributed by atoms with Gasteiger partial charge in [0, 0.05) is 45.5 Å². The number of nitrogens with zero attached hydrogens (tertiary/aromatic N) is 1. The SMILES string of the molecule is CN=C(NCc1cccc(COCC(F)(F)F)c1)Nc1cccc(OCCCOC)c1. The average molecular weight is 439 g/mol. The van der Waals surface area contributed by atoms with Crippen molar-refractivity contribution in [3.8, 4) is 5.75 Å². The molecule has 0 bridgehead atoms. The van der Waals surface area contributed by atoms with Crippen molar-refractivity contribution in [3.63, 3.8) is 0 Å². The molecule has 2 aromatic rings. The van der Waals surface area contributed by atoms with Crippen LogP contribution in [-0.4, -0.2) is 46.1 Å². The number of alkyl halides is 3. The summed E-state index contributed by atoms with van der Waals surface area (Å²) in [5.74, 6) is 1.29. The lowest BCUT2D eigenvalue weighted by Gasteiger charge is -2.14. The Balaban J connectivity index is 1.85. The molecule has 31 heavy (non-hydrogen) atoms. The molecular weight excluding hydrogens is 411 g/mol. The standard InChI is InChI=1S/C22H28F3N3O3/c1-26-21(28-19-8-4-9-20(13-19)31-11-5-10-29-2)27-14-17-6-3-7-18(12-17)15-30-16-22(23,24)25/h3-4,6-9,12-13H,5,10-11,14-16H2,1-2H3,(H2,26,27,28). The molecule has 0 atom stereocenters. The van der Waals surface area contributed by atoms with Gasteiger partial charge in [-0.3, -0.25) is 4.99 Å². The van der Waals surface area contributed by atoms with Crippen molar-refractivity contribution in [1.29, 1.82) is 0 Å². The molecule has 0 aliphatic carbocycles. The lowest BCUT2D eigenvalue weighted by molar-refractivity contribution is -0.176. The third-order valence-corrected chi connectivity index (χ3v) is 4.07. The summed E-state index contributed by atoms with van der Waals surface area (Å²) in [5.41, 5.74) is 2.38. The van der Waals surface area contributed by atoms with Crippen molar-refractivity contribution in [2.45, 2.75) is 25.7 Å². The van der Waals surface area contributed by atoms with Gasteiger partial charge >= 0.3 is 6.18 Å². The largest absolute Gasteiger partial charge is 0.493 e. The van der Waals surface area contributed by atoms with Gasteiger partial charge in [-0.25, -0.2) is 0 Å². The summed E-state index contributed by atoms with van der Waals surface area (Å²) in [4.78, 5) is 4.20. The molecule has 0 heterocycles. The monoisotopic (exact) mass is 439 g/mol. The minimum absolute atomic E-state index is 0.0997. The van der Waals surface area contributed by atoms with Crippen LogP contribution < -0.4 is 15.4 Å². The second-order valence-corrected chi connectivity index (χ2v) is 6.70. The number of methoxy groups -OCH3 is 1. The van der Waals surface area contributed by atoms with Crippen LogP contribution in [0.3, 0.4) is 0 Å². The molecule has 2 aromatic carbocycles. The van der Waals surface area contributed by atoms with Crippen LogP contribution in [0, 0.1) is 0 Å². The topological polar surface area (TPSA) is 64.1 Å². The molecule has 0 unspecified atom stereocenters. The molecule has 0 fully saturated rings. The van der Waals surface area contributed by atoms with Gasteiger partial charge in [-0.1, -0.05) is 30.3 Å². The number of halogens is 3. The van der Waals surface area contributed by atoms with E-state index in [4.69, 9.17) is 14.2 Å². The maximum Gasteiger partial charge on any atom is 0.411 e. The van der Waals surface area contributed by atoms with Gasteiger partial charge in [0.1, 0.15) is 12.4 Å². The fourth-order valence-electron chi connectivity index (χ4n) is 2.67. The first-order valence-corrected chi connectivity index (χ1v) is 9.81. The maximum absolute atomic E-state index is 12.2. The third kappa shape index (κ3) is 10.2. The zero-order valence-corrected chi connectivity index (χ0v) is 17.7. The number of aliphatic imine (C=N–C) groups is 1. The summed E-state index contributed by atoms with van der Waals surface area (Å²) in [7, 11) is 3.31. The summed E-state index contributed by atoms with van der Waals surface area (Å²) in [6, 6.07) is 14.7. The van der Waals surface area contributed by atoms with E-state index in [1.165, 1.54) is 0 Å². The van der Waals surface area contributed by atoms with Gasteiger partial charge in [0.05, 0.1) is 13.2 Å². The molecule has 9 heteroatoms. The molecule has 2 rings (SSSR count). The molecule has 0 aliphatic rings. The van der Waals surface area contributed by atoms with Gasteiger partial charge in [0.2, 0.25) is 0 Å². The Morgan fingerprint density at radius 3 is 2.55 bits per heavy atom. The minimum Gasteiger partial charge on any atom is -0.493 e. The fraction of sp³-hybridized carbons (Fsp3) is 0.409. The summed E-state index contributed by atoms with van der Waals surface area (Å²) in [6.45, 7) is 0.288. The molecular formula is C22H28F3N3O3. The van der Waals surface area contributed by atoms with Crippen LogP contribution in [0.25, 0.3) is 0 Å². The second kappa shape index (κ2) is 12.8. The number of nitrogens with one attached hydrogen (secondary N) is 2. The zero-order chi connectivity index (χ0) is 22.5. The Morgan fingerprint density at radius 1 is 1.03 bits per heavy atom. The van der Waals surface area contributed by atoms with E-state index in [1.807, 2.05) is 30.3 Å². The lowest BCUT2D eigenvalue weighted by atomic mass is 10.1. The van der Waals surface area contributed by atoms with E-state index in [0.29, 0.717) is 31.3 Å². The van der Waals surface area contributed by atoms with Crippen molar-refractivity contribution in [2.24, 2.45) is 4.99 Å². The van der Waals surface area contributed by atoms with Gasteiger partial charge in [-0.15, -0.1) is 0 Å². The Kier molecular flexibility index (Phi) is 10.1. The highest BCUT2D eigenvalue weighted by Crippen LogP contribution is 2.18. The van der Waals surface area contributed by atoms with Crippen molar-refractivity contribution in [1.82, 2.24) is 5.32 Å². The molecule has 0 radical (unpaired) electrons. The van der Waals surface area contributed by atoms with Gasteiger partial charge in [0.15, 0.2) is 5.96 Å².